The van der Waals surface area contributed by atoms with E-state index < -0.39 is 17.7 Å². The summed E-state index contributed by atoms with van der Waals surface area (Å²) < 4.78 is 21.0. The number of benzene rings is 2. The van der Waals surface area contributed by atoms with E-state index in [0.717, 1.165) is 47.4 Å². The summed E-state index contributed by atoms with van der Waals surface area (Å²) in [6.07, 6.45) is 5.28. The molecular weight excluding hydrogens is 604 g/mol. The van der Waals surface area contributed by atoms with Crippen LogP contribution in [0.3, 0.4) is 0 Å². The molecule has 0 aliphatic carbocycles. The summed E-state index contributed by atoms with van der Waals surface area (Å²) in [6.45, 7) is 17.8. The fourth-order valence-corrected chi connectivity index (χ4v) is 6.62. The van der Waals surface area contributed by atoms with Gasteiger partial charge in [0.15, 0.2) is 11.8 Å². The van der Waals surface area contributed by atoms with Crippen molar-refractivity contribution >= 4 is 17.4 Å². The van der Waals surface area contributed by atoms with Gasteiger partial charge in [-0.2, -0.15) is 9.61 Å². The van der Waals surface area contributed by atoms with Crippen LogP contribution in [0.25, 0.3) is 28.0 Å². The molecule has 3 aliphatic rings. The van der Waals surface area contributed by atoms with Gasteiger partial charge in [-0.05, 0) is 103 Å². The Hall–Kier alpha value is -4.21. The zero-order chi connectivity index (χ0) is 34.4. The van der Waals surface area contributed by atoms with Crippen molar-refractivity contribution in [3.8, 4) is 28.1 Å². The number of rotatable bonds is 3. The van der Waals surface area contributed by atoms with Gasteiger partial charge >= 0.3 is 5.97 Å². The molecule has 0 saturated carbocycles. The molecular formula is C39H48N4O5. The number of carboxylic acid groups (broad SMARTS) is 1. The maximum atomic E-state index is 12.8. The number of aryl methyl sites for hydroxylation is 3. The van der Waals surface area contributed by atoms with Gasteiger partial charge in [0.05, 0.1) is 35.2 Å². The molecule has 3 aliphatic heterocycles. The third kappa shape index (κ3) is 6.98. The maximum absolute atomic E-state index is 12.8. The van der Waals surface area contributed by atoms with Crippen molar-refractivity contribution in [2.45, 2.75) is 98.1 Å². The molecule has 5 heterocycles. The largest absolute Gasteiger partial charge is 0.490 e. The Balaban J connectivity index is 1.55. The first-order valence-electron chi connectivity index (χ1n) is 16.9. The van der Waals surface area contributed by atoms with Crippen LogP contribution in [-0.2, 0) is 14.3 Å². The monoisotopic (exact) mass is 652 g/mol. The molecule has 4 aromatic rings. The predicted octanol–water partition coefficient (Wildman–Crippen LogP) is 8.03. The SMILES string of the molecule is Cc1cc2c(cc1C)-c1cccc(c1)-c1cc3nc(C)c([C@H](OC(C)(C)C)C(=O)O)c(n3n1)N1CCC(C)(CC1)OC/C=C\C[C@H](C)O2. The van der Waals surface area contributed by atoms with E-state index in [1.807, 2.05) is 50.4 Å². The summed E-state index contributed by atoms with van der Waals surface area (Å²) in [5.74, 6) is 0.485. The molecule has 1 N–H and O–H groups in total. The summed E-state index contributed by atoms with van der Waals surface area (Å²) in [4.78, 5) is 20.0. The van der Waals surface area contributed by atoms with E-state index >= 15 is 0 Å². The zero-order valence-corrected chi connectivity index (χ0v) is 29.5. The maximum Gasteiger partial charge on any atom is 0.337 e. The fraction of sp³-hybridized carbons (Fsp3) is 0.462. The number of nitrogens with zero attached hydrogens (tertiary/aromatic N) is 4. The van der Waals surface area contributed by atoms with Crippen molar-refractivity contribution in [3.63, 3.8) is 0 Å². The van der Waals surface area contributed by atoms with Gasteiger partial charge in [0, 0.05) is 42.4 Å². The van der Waals surface area contributed by atoms with Gasteiger partial charge in [0.25, 0.3) is 0 Å². The van der Waals surface area contributed by atoms with Crippen LogP contribution in [0.1, 0.15) is 82.4 Å². The van der Waals surface area contributed by atoms with E-state index in [4.69, 9.17) is 24.3 Å². The van der Waals surface area contributed by atoms with Crippen LogP contribution in [0.2, 0.25) is 0 Å². The Kier molecular flexibility index (Phi) is 9.13. The van der Waals surface area contributed by atoms with Crippen LogP contribution in [0.15, 0.2) is 54.6 Å². The number of aromatic nitrogens is 3. The van der Waals surface area contributed by atoms with Crippen molar-refractivity contribution in [3.05, 3.63) is 77.0 Å². The number of fused-ring (bicyclic) bond motifs is 7. The lowest BCUT2D eigenvalue weighted by Gasteiger charge is -2.41. The molecule has 1 fully saturated rings. The summed E-state index contributed by atoms with van der Waals surface area (Å²) in [5.41, 5.74) is 6.85. The van der Waals surface area contributed by atoms with Crippen molar-refractivity contribution < 1.29 is 24.1 Å². The first-order chi connectivity index (χ1) is 22.7. The molecule has 0 unspecified atom stereocenters. The highest BCUT2D eigenvalue weighted by atomic mass is 16.5. The van der Waals surface area contributed by atoms with E-state index in [1.54, 1.807) is 0 Å². The number of hydrogen-bond acceptors (Lipinski definition) is 7. The van der Waals surface area contributed by atoms with Crippen molar-refractivity contribution in [1.29, 1.82) is 0 Å². The second-order valence-corrected chi connectivity index (χ2v) is 14.6. The smallest absolute Gasteiger partial charge is 0.337 e. The third-order valence-corrected chi connectivity index (χ3v) is 9.44. The lowest BCUT2D eigenvalue weighted by molar-refractivity contribution is -0.160. The third-order valence-electron chi connectivity index (χ3n) is 9.44. The molecule has 0 spiro atoms. The van der Waals surface area contributed by atoms with Crippen molar-refractivity contribution in [2.24, 2.45) is 0 Å². The quantitative estimate of drug-likeness (QED) is 0.222. The van der Waals surface area contributed by atoms with Gasteiger partial charge in [-0.15, -0.1) is 0 Å². The van der Waals surface area contributed by atoms with E-state index in [0.29, 0.717) is 42.4 Å². The Morgan fingerprint density at radius 1 is 1.04 bits per heavy atom. The van der Waals surface area contributed by atoms with E-state index in [9.17, 15) is 9.90 Å². The average Bonchev–Trinajstić information content (AvgIpc) is 3.44. The molecule has 0 amide bonds. The van der Waals surface area contributed by atoms with Crippen molar-refractivity contribution in [1.82, 2.24) is 14.6 Å². The van der Waals surface area contributed by atoms with Gasteiger partial charge in [-0.1, -0.05) is 30.4 Å². The highest BCUT2D eigenvalue weighted by Gasteiger charge is 2.37. The second kappa shape index (κ2) is 13.0. The minimum atomic E-state index is -1.22. The number of hydrogen-bond donors (Lipinski definition) is 1. The van der Waals surface area contributed by atoms with Gasteiger partial charge in [0.1, 0.15) is 11.6 Å². The van der Waals surface area contributed by atoms with Crippen LogP contribution in [0.5, 0.6) is 5.75 Å². The van der Waals surface area contributed by atoms with Crippen LogP contribution in [0, 0.1) is 20.8 Å². The van der Waals surface area contributed by atoms with E-state index in [1.165, 1.54) is 11.1 Å². The summed E-state index contributed by atoms with van der Waals surface area (Å²) in [6, 6.07) is 14.6. The van der Waals surface area contributed by atoms with Gasteiger partial charge in [0.2, 0.25) is 0 Å². The number of carboxylic acids is 1. The second-order valence-electron chi connectivity index (χ2n) is 14.6. The molecule has 254 valence electrons. The number of carbonyl (C=O) groups is 1. The minimum absolute atomic E-state index is 0.0213. The zero-order valence-electron chi connectivity index (χ0n) is 29.5. The lowest BCUT2D eigenvalue weighted by Crippen LogP contribution is -2.45. The van der Waals surface area contributed by atoms with Crippen LogP contribution < -0.4 is 9.64 Å². The van der Waals surface area contributed by atoms with Gasteiger partial charge in [-0.25, -0.2) is 9.78 Å². The molecule has 9 heteroatoms. The van der Waals surface area contributed by atoms with Crippen molar-refractivity contribution in [2.75, 3.05) is 24.6 Å². The molecule has 1 saturated heterocycles. The highest BCUT2D eigenvalue weighted by Crippen LogP contribution is 2.40. The number of aliphatic carboxylic acids is 1. The Bertz CT molecular complexity index is 1860. The van der Waals surface area contributed by atoms with Crippen LogP contribution in [0.4, 0.5) is 5.82 Å². The van der Waals surface area contributed by atoms with Crippen LogP contribution >= 0.6 is 0 Å². The molecule has 7 rings (SSSR count). The summed E-state index contributed by atoms with van der Waals surface area (Å²) in [7, 11) is 0. The Labute approximate surface area is 283 Å². The number of ether oxygens (including phenoxy) is 3. The topological polar surface area (TPSA) is 98.4 Å². The standard InChI is InChI=1S/C39H48N4O5/c1-24-20-30-28-13-11-14-29(22-28)31-23-33-40-27(4)34(35(37(44)45)48-38(5,6)7)36(43(33)41-31)42-17-15-39(8,16-18-42)46-19-10-9-12-26(3)47-32(30)21-25(24)2/h9-11,13-14,20-23,26,35H,12,15-19H2,1-8H3,(H,44,45)/b10-9-/t26-,35-/m0/s1. The highest BCUT2D eigenvalue weighted by molar-refractivity contribution is 5.80. The molecule has 0 radical (unpaired) electrons. The number of piperidine rings is 1. The predicted molar refractivity (Wildman–Crippen MR) is 189 cm³/mol. The normalized spacial score (nSPS) is 21.5. The molecule has 2 aromatic carbocycles. The number of anilines is 1. The van der Waals surface area contributed by atoms with Gasteiger partial charge in [-0.3, -0.25) is 0 Å². The minimum Gasteiger partial charge on any atom is -0.490 e. The molecule has 2 aromatic heterocycles. The molecule has 9 nitrogen and oxygen atoms in total. The Morgan fingerprint density at radius 2 is 1.75 bits per heavy atom. The van der Waals surface area contributed by atoms with E-state index in [2.05, 4.69) is 69.0 Å². The first kappa shape index (κ1) is 33.7. The van der Waals surface area contributed by atoms with Crippen LogP contribution in [-0.4, -0.2) is 62.7 Å². The van der Waals surface area contributed by atoms with E-state index in [-0.39, 0.29) is 11.7 Å². The fourth-order valence-electron chi connectivity index (χ4n) is 6.62. The molecule has 2 atom stereocenters. The lowest BCUT2D eigenvalue weighted by atomic mass is 9.92. The summed E-state index contributed by atoms with van der Waals surface area (Å²) in [5, 5.41) is 15.6. The molecule has 6 bridgehead atoms. The van der Waals surface area contributed by atoms with Gasteiger partial charge < -0.3 is 24.2 Å². The summed E-state index contributed by atoms with van der Waals surface area (Å²) >= 11 is 0. The first-order valence-corrected chi connectivity index (χ1v) is 16.9. The average molecular weight is 653 g/mol. The molecule has 48 heavy (non-hydrogen) atoms. The Morgan fingerprint density at radius 3 is 2.46 bits per heavy atom.